The zero-order chi connectivity index (χ0) is 19.7. The van der Waals surface area contributed by atoms with Crippen LogP contribution in [0.2, 0.25) is 5.02 Å². The predicted molar refractivity (Wildman–Crippen MR) is 114 cm³/mol. The van der Waals surface area contributed by atoms with E-state index in [1.165, 1.54) is 5.56 Å². The maximum Gasteiger partial charge on any atom is 0.165 e. The van der Waals surface area contributed by atoms with Gasteiger partial charge in [0.05, 0.1) is 12.9 Å². The summed E-state index contributed by atoms with van der Waals surface area (Å²) < 4.78 is 1.98. The third kappa shape index (κ3) is 3.71. The van der Waals surface area contributed by atoms with E-state index in [1.807, 2.05) is 28.8 Å². The second kappa shape index (κ2) is 7.24. The maximum absolute atomic E-state index is 6.30. The molecule has 0 amide bonds. The molecule has 0 atom stereocenters. The molecule has 5 nitrogen and oxygen atoms in total. The van der Waals surface area contributed by atoms with E-state index in [-0.39, 0.29) is 5.41 Å². The summed E-state index contributed by atoms with van der Waals surface area (Å²) in [6.45, 7) is 7.21. The molecule has 0 radical (unpaired) electrons. The number of anilines is 2. The molecule has 0 saturated carbocycles. The first-order valence-corrected chi connectivity index (χ1v) is 9.56. The fourth-order valence-electron chi connectivity index (χ4n) is 3.09. The topological polar surface area (TPSA) is 55.6 Å². The van der Waals surface area contributed by atoms with Gasteiger partial charge in [-0.15, -0.1) is 0 Å². The van der Waals surface area contributed by atoms with Crippen molar-refractivity contribution < 1.29 is 0 Å². The van der Waals surface area contributed by atoms with E-state index in [1.54, 1.807) is 12.7 Å². The summed E-state index contributed by atoms with van der Waals surface area (Å²) in [7, 11) is 0. The van der Waals surface area contributed by atoms with Crippen LogP contribution >= 0.6 is 11.6 Å². The summed E-state index contributed by atoms with van der Waals surface area (Å²) in [5, 5.41) is 4.09. The Bertz CT molecular complexity index is 1110. The highest BCUT2D eigenvalue weighted by Gasteiger charge is 2.14. The lowest BCUT2D eigenvalue weighted by Gasteiger charge is -2.19. The summed E-state index contributed by atoms with van der Waals surface area (Å²) in [5.74, 6) is 0.686. The van der Waals surface area contributed by atoms with Gasteiger partial charge in [-0.1, -0.05) is 62.7 Å². The molecule has 2 aromatic heterocycles. The average Bonchev–Trinajstić information content (AvgIpc) is 3.07. The van der Waals surface area contributed by atoms with Crippen molar-refractivity contribution in [1.82, 2.24) is 19.5 Å². The van der Waals surface area contributed by atoms with Crippen LogP contribution in [-0.2, 0) is 12.0 Å². The van der Waals surface area contributed by atoms with E-state index in [0.717, 1.165) is 27.4 Å². The summed E-state index contributed by atoms with van der Waals surface area (Å²) in [5.41, 5.74) is 4.90. The van der Waals surface area contributed by atoms with Crippen molar-refractivity contribution in [3.05, 3.63) is 77.3 Å². The second-order valence-corrected chi connectivity index (χ2v) is 8.22. The summed E-state index contributed by atoms with van der Waals surface area (Å²) in [6, 6.07) is 16.2. The smallest absolute Gasteiger partial charge is 0.165 e. The molecule has 0 aliphatic heterocycles. The molecule has 2 heterocycles. The zero-order valence-corrected chi connectivity index (χ0v) is 16.9. The quantitative estimate of drug-likeness (QED) is 0.494. The summed E-state index contributed by atoms with van der Waals surface area (Å²) in [4.78, 5) is 13.3. The number of hydrogen-bond donors (Lipinski definition) is 1. The van der Waals surface area contributed by atoms with Crippen molar-refractivity contribution in [2.24, 2.45) is 0 Å². The fraction of sp³-hybridized carbons (Fsp3) is 0.227. The van der Waals surface area contributed by atoms with Gasteiger partial charge in [0.1, 0.15) is 6.33 Å². The number of nitrogens with one attached hydrogen (secondary N) is 1. The standard InChI is InChI=1S/C22H22ClN5/c1-22(2,3)16-8-10-17(11-9-16)27-20-19-21(25-13-24-20)28(14-26-19)12-15-6-4-5-7-18(15)23/h4-11,13-14H,12H2,1-3H3,(H,24,25,27). The van der Waals surface area contributed by atoms with Crippen LogP contribution in [0.25, 0.3) is 11.2 Å². The van der Waals surface area contributed by atoms with Gasteiger partial charge in [-0.2, -0.15) is 0 Å². The Hall–Kier alpha value is -2.92. The number of rotatable bonds is 4. The molecule has 6 heteroatoms. The van der Waals surface area contributed by atoms with Gasteiger partial charge >= 0.3 is 0 Å². The molecule has 0 saturated heterocycles. The minimum Gasteiger partial charge on any atom is -0.338 e. The highest BCUT2D eigenvalue weighted by atomic mass is 35.5. The van der Waals surface area contributed by atoms with E-state index in [2.05, 4.69) is 65.3 Å². The van der Waals surface area contributed by atoms with E-state index in [0.29, 0.717) is 12.4 Å². The van der Waals surface area contributed by atoms with Crippen molar-refractivity contribution in [1.29, 1.82) is 0 Å². The Morgan fingerprint density at radius 1 is 0.964 bits per heavy atom. The van der Waals surface area contributed by atoms with Gasteiger partial charge in [0.25, 0.3) is 0 Å². The van der Waals surface area contributed by atoms with E-state index in [9.17, 15) is 0 Å². The van der Waals surface area contributed by atoms with E-state index in [4.69, 9.17) is 11.6 Å². The number of imidazole rings is 1. The molecule has 1 N–H and O–H groups in total. The number of aromatic nitrogens is 4. The predicted octanol–water partition coefficient (Wildman–Crippen LogP) is 5.57. The first-order valence-electron chi connectivity index (χ1n) is 9.18. The lowest BCUT2D eigenvalue weighted by Crippen LogP contribution is -2.10. The molecule has 4 aromatic rings. The van der Waals surface area contributed by atoms with Crippen LogP contribution < -0.4 is 5.32 Å². The van der Waals surface area contributed by atoms with Gasteiger partial charge in [0.2, 0.25) is 0 Å². The Labute approximate surface area is 169 Å². The van der Waals surface area contributed by atoms with Crippen LogP contribution in [0, 0.1) is 0 Å². The van der Waals surface area contributed by atoms with Gasteiger partial charge in [-0.25, -0.2) is 15.0 Å². The molecule has 2 aromatic carbocycles. The number of hydrogen-bond acceptors (Lipinski definition) is 4. The second-order valence-electron chi connectivity index (χ2n) is 7.81. The highest BCUT2D eigenvalue weighted by Crippen LogP contribution is 2.26. The number of benzene rings is 2. The molecular weight excluding hydrogens is 370 g/mol. The van der Waals surface area contributed by atoms with E-state index < -0.39 is 0 Å². The SMILES string of the molecule is CC(C)(C)c1ccc(Nc2ncnc3c2ncn3Cc2ccccc2Cl)cc1. The lowest BCUT2D eigenvalue weighted by molar-refractivity contribution is 0.590. The lowest BCUT2D eigenvalue weighted by atomic mass is 9.87. The first kappa shape index (κ1) is 18.4. The van der Waals surface area contributed by atoms with Crippen LogP contribution in [0.1, 0.15) is 31.9 Å². The Morgan fingerprint density at radius 3 is 2.43 bits per heavy atom. The third-order valence-electron chi connectivity index (χ3n) is 4.71. The van der Waals surface area contributed by atoms with Gasteiger partial charge in [-0.05, 0) is 34.7 Å². The summed E-state index contributed by atoms with van der Waals surface area (Å²) >= 11 is 6.30. The zero-order valence-electron chi connectivity index (χ0n) is 16.1. The average molecular weight is 392 g/mol. The molecule has 0 aliphatic carbocycles. The number of nitrogens with zero attached hydrogens (tertiary/aromatic N) is 4. The maximum atomic E-state index is 6.30. The van der Waals surface area contributed by atoms with Gasteiger partial charge in [0, 0.05) is 10.7 Å². The third-order valence-corrected chi connectivity index (χ3v) is 5.08. The van der Waals surface area contributed by atoms with Crippen molar-refractivity contribution in [3.63, 3.8) is 0 Å². The Kier molecular flexibility index (Phi) is 4.77. The normalized spacial score (nSPS) is 11.7. The van der Waals surface area contributed by atoms with Gasteiger partial charge in [-0.3, -0.25) is 0 Å². The first-order chi connectivity index (χ1) is 13.4. The Morgan fingerprint density at radius 2 is 1.71 bits per heavy atom. The fourth-order valence-corrected chi connectivity index (χ4v) is 3.28. The largest absolute Gasteiger partial charge is 0.338 e. The van der Waals surface area contributed by atoms with Gasteiger partial charge < -0.3 is 9.88 Å². The molecule has 4 rings (SSSR count). The van der Waals surface area contributed by atoms with Crippen LogP contribution in [-0.4, -0.2) is 19.5 Å². The summed E-state index contributed by atoms with van der Waals surface area (Å²) in [6.07, 6.45) is 3.33. The molecule has 0 fully saturated rings. The Balaban J connectivity index is 1.62. The molecule has 0 aliphatic rings. The van der Waals surface area contributed by atoms with Crippen molar-refractivity contribution >= 4 is 34.3 Å². The number of fused-ring (bicyclic) bond motifs is 1. The van der Waals surface area contributed by atoms with Gasteiger partial charge in [0.15, 0.2) is 17.0 Å². The van der Waals surface area contributed by atoms with Crippen molar-refractivity contribution in [3.8, 4) is 0 Å². The molecular formula is C22H22ClN5. The van der Waals surface area contributed by atoms with Crippen LogP contribution in [0.3, 0.4) is 0 Å². The molecule has 0 bridgehead atoms. The molecule has 142 valence electrons. The number of halogens is 1. The minimum atomic E-state index is 0.123. The highest BCUT2D eigenvalue weighted by molar-refractivity contribution is 6.31. The van der Waals surface area contributed by atoms with Crippen LogP contribution in [0.15, 0.2) is 61.2 Å². The molecule has 0 spiro atoms. The molecule has 28 heavy (non-hydrogen) atoms. The van der Waals surface area contributed by atoms with Crippen molar-refractivity contribution in [2.45, 2.75) is 32.7 Å². The monoisotopic (exact) mass is 391 g/mol. The van der Waals surface area contributed by atoms with Crippen LogP contribution in [0.5, 0.6) is 0 Å². The van der Waals surface area contributed by atoms with Crippen molar-refractivity contribution in [2.75, 3.05) is 5.32 Å². The van der Waals surface area contributed by atoms with Crippen LogP contribution in [0.4, 0.5) is 11.5 Å². The van der Waals surface area contributed by atoms with E-state index >= 15 is 0 Å². The molecule has 0 unspecified atom stereocenters. The minimum absolute atomic E-state index is 0.123.